The van der Waals surface area contributed by atoms with Crippen molar-refractivity contribution in [2.45, 2.75) is 6.42 Å². The van der Waals surface area contributed by atoms with Gasteiger partial charge in [-0.3, -0.25) is 4.79 Å². The molecule has 1 saturated carbocycles. The predicted octanol–water partition coefficient (Wildman–Crippen LogP) is -0.900. The van der Waals surface area contributed by atoms with Crippen molar-refractivity contribution in [1.82, 2.24) is 0 Å². The molecule has 1 aliphatic rings. The highest BCUT2D eigenvalue weighted by molar-refractivity contribution is 5.79. The SMILES string of the molecule is NC(=O)[C@@H]1C[C@H]1CO. The van der Waals surface area contributed by atoms with Crippen LogP contribution in [0.15, 0.2) is 0 Å². The van der Waals surface area contributed by atoms with Crippen molar-refractivity contribution < 1.29 is 9.90 Å². The average Bonchev–Trinajstić information content (AvgIpc) is 2.42. The molecule has 0 aromatic heterocycles. The fraction of sp³-hybridized carbons (Fsp3) is 0.800. The molecule has 3 nitrogen and oxygen atoms in total. The number of primary amides is 1. The number of aliphatic hydroxyl groups excluding tert-OH is 1. The molecular weight excluding hydrogens is 106 g/mol. The number of amides is 1. The van der Waals surface area contributed by atoms with Crippen molar-refractivity contribution in [1.29, 1.82) is 0 Å². The largest absolute Gasteiger partial charge is 0.396 e. The van der Waals surface area contributed by atoms with Gasteiger partial charge < -0.3 is 10.8 Å². The first-order chi connectivity index (χ1) is 3.75. The van der Waals surface area contributed by atoms with Crippen molar-refractivity contribution in [3.05, 3.63) is 0 Å². The van der Waals surface area contributed by atoms with Crippen LogP contribution in [0.1, 0.15) is 6.42 Å². The molecule has 46 valence electrons. The van der Waals surface area contributed by atoms with E-state index in [0.29, 0.717) is 0 Å². The second-order valence-corrected chi connectivity index (χ2v) is 2.19. The lowest BCUT2D eigenvalue weighted by molar-refractivity contribution is -0.119. The summed E-state index contributed by atoms with van der Waals surface area (Å²) in [6.45, 7) is 0.105. The zero-order chi connectivity index (χ0) is 6.15. The Balaban J connectivity index is 2.26. The van der Waals surface area contributed by atoms with E-state index in [1.807, 2.05) is 0 Å². The average molecular weight is 115 g/mol. The molecule has 0 heterocycles. The van der Waals surface area contributed by atoms with Crippen LogP contribution < -0.4 is 5.73 Å². The van der Waals surface area contributed by atoms with Gasteiger partial charge in [0.15, 0.2) is 0 Å². The van der Waals surface area contributed by atoms with Gasteiger partial charge in [-0.25, -0.2) is 0 Å². The van der Waals surface area contributed by atoms with E-state index in [9.17, 15) is 4.79 Å². The van der Waals surface area contributed by atoms with Crippen LogP contribution in [0.5, 0.6) is 0 Å². The maximum Gasteiger partial charge on any atom is 0.220 e. The van der Waals surface area contributed by atoms with E-state index in [1.54, 1.807) is 0 Å². The summed E-state index contributed by atoms with van der Waals surface area (Å²) in [6.07, 6.45) is 0.784. The third-order valence-corrected chi connectivity index (χ3v) is 1.52. The van der Waals surface area contributed by atoms with Crippen LogP contribution in [-0.2, 0) is 4.79 Å². The lowest BCUT2D eigenvalue weighted by Crippen LogP contribution is -2.14. The molecule has 3 heteroatoms. The molecule has 0 unspecified atom stereocenters. The standard InChI is InChI=1S/C5H9NO2/c6-5(8)4-1-3(4)2-7/h3-4,7H,1-2H2,(H2,6,8)/t3-,4+/m0/s1. The van der Waals surface area contributed by atoms with E-state index < -0.39 is 0 Å². The van der Waals surface area contributed by atoms with Crippen LogP contribution in [0.25, 0.3) is 0 Å². The maximum absolute atomic E-state index is 10.2. The molecule has 0 aliphatic heterocycles. The Kier molecular flexibility index (Phi) is 1.21. The first kappa shape index (κ1) is 5.56. The van der Waals surface area contributed by atoms with Crippen molar-refractivity contribution in [3.63, 3.8) is 0 Å². The van der Waals surface area contributed by atoms with Gasteiger partial charge in [-0.2, -0.15) is 0 Å². The van der Waals surface area contributed by atoms with Gasteiger partial charge in [0.1, 0.15) is 0 Å². The molecule has 0 spiro atoms. The number of nitrogens with two attached hydrogens (primary N) is 1. The molecule has 0 bridgehead atoms. The summed E-state index contributed by atoms with van der Waals surface area (Å²) in [5.41, 5.74) is 4.91. The first-order valence-electron chi connectivity index (χ1n) is 2.66. The van der Waals surface area contributed by atoms with Gasteiger partial charge in [0, 0.05) is 12.5 Å². The monoisotopic (exact) mass is 115 g/mol. The van der Waals surface area contributed by atoms with Crippen molar-refractivity contribution in [2.24, 2.45) is 17.6 Å². The number of aliphatic hydroxyl groups is 1. The third kappa shape index (κ3) is 0.816. The Morgan fingerprint density at radius 1 is 1.88 bits per heavy atom. The van der Waals surface area contributed by atoms with E-state index in [2.05, 4.69) is 0 Å². The summed E-state index contributed by atoms with van der Waals surface area (Å²) in [4.78, 5) is 10.2. The zero-order valence-corrected chi connectivity index (χ0v) is 4.50. The Labute approximate surface area is 47.5 Å². The van der Waals surface area contributed by atoms with Crippen LogP contribution in [-0.4, -0.2) is 17.6 Å². The Morgan fingerprint density at radius 2 is 2.50 bits per heavy atom. The normalized spacial score (nSPS) is 34.6. The molecule has 2 atom stereocenters. The van der Waals surface area contributed by atoms with Crippen LogP contribution in [0.3, 0.4) is 0 Å². The highest BCUT2D eigenvalue weighted by Crippen LogP contribution is 2.36. The number of rotatable bonds is 2. The van der Waals surface area contributed by atoms with Crippen LogP contribution in [0, 0.1) is 11.8 Å². The molecule has 0 aromatic rings. The minimum Gasteiger partial charge on any atom is -0.396 e. The second-order valence-electron chi connectivity index (χ2n) is 2.19. The minimum atomic E-state index is -0.274. The van der Waals surface area contributed by atoms with Gasteiger partial charge >= 0.3 is 0 Å². The Hall–Kier alpha value is -0.570. The topological polar surface area (TPSA) is 63.3 Å². The lowest BCUT2D eigenvalue weighted by atomic mass is 10.3. The summed E-state index contributed by atoms with van der Waals surface area (Å²) < 4.78 is 0. The van der Waals surface area contributed by atoms with Crippen molar-refractivity contribution >= 4 is 5.91 Å². The quantitative estimate of drug-likeness (QED) is 0.490. The summed E-state index contributed by atoms with van der Waals surface area (Å²) >= 11 is 0. The van der Waals surface area contributed by atoms with Gasteiger partial charge in [0.05, 0.1) is 0 Å². The van der Waals surface area contributed by atoms with E-state index in [0.717, 1.165) is 6.42 Å². The molecular formula is C5H9NO2. The maximum atomic E-state index is 10.2. The molecule has 0 radical (unpaired) electrons. The number of hydrogen-bond acceptors (Lipinski definition) is 2. The van der Waals surface area contributed by atoms with Gasteiger partial charge in [0.25, 0.3) is 0 Å². The molecule has 0 saturated heterocycles. The van der Waals surface area contributed by atoms with Gasteiger partial charge in [-0.1, -0.05) is 0 Å². The molecule has 8 heavy (non-hydrogen) atoms. The second kappa shape index (κ2) is 1.74. The summed E-state index contributed by atoms with van der Waals surface area (Å²) in [5, 5.41) is 8.42. The molecule has 1 fully saturated rings. The summed E-state index contributed by atoms with van der Waals surface area (Å²) in [6, 6.07) is 0. The van der Waals surface area contributed by atoms with E-state index >= 15 is 0 Å². The number of carbonyl (C=O) groups excluding carboxylic acids is 1. The van der Waals surface area contributed by atoms with Crippen molar-refractivity contribution in [3.8, 4) is 0 Å². The van der Waals surface area contributed by atoms with Crippen molar-refractivity contribution in [2.75, 3.05) is 6.61 Å². The van der Waals surface area contributed by atoms with E-state index in [1.165, 1.54) is 0 Å². The zero-order valence-electron chi connectivity index (χ0n) is 4.50. The Bertz CT molecular complexity index is 113. The third-order valence-electron chi connectivity index (χ3n) is 1.52. The first-order valence-corrected chi connectivity index (χ1v) is 2.66. The highest BCUT2D eigenvalue weighted by Gasteiger charge is 2.40. The fourth-order valence-corrected chi connectivity index (χ4v) is 0.798. The number of hydrogen-bond donors (Lipinski definition) is 2. The summed E-state index contributed by atoms with van der Waals surface area (Å²) in [5.74, 6) is -0.128. The van der Waals surface area contributed by atoms with Gasteiger partial charge in [0.2, 0.25) is 5.91 Å². The van der Waals surface area contributed by atoms with Crippen LogP contribution in [0.2, 0.25) is 0 Å². The smallest absolute Gasteiger partial charge is 0.220 e. The van der Waals surface area contributed by atoms with Gasteiger partial charge in [-0.05, 0) is 12.3 Å². The molecule has 3 N–H and O–H groups in total. The molecule has 0 aromatic carbocycles. The molecule has 1 amide bonds. The van der Waals surface area contributed by atoms with Gasteiger partial charge in [-0.15, -0.1) is 0 Å². The Morgan fingerprint density at radius 3 is 2.62 bits per heavy atom. The fourth-order valence-electron chi connectivity index (χ4n) is 0.798. The van der Waals surface area contributed by atoms with E-state index in [4.69, 9.17) is 10.8 Å². The number of carbonyl (C=O) groups is 1. The lowest BCUT2D eigenvalue weighted by Gasteiger charge is -1.85. The summed E-state index contributed by atoms with van der Waals surface area (Å²) in [7, 11) is 0. The highest BCUT2D eigenvalue weighted by atomic mass is 16.3. The molecule has 1 aliphatic carbocycles. The minimum absolute atomic E-state index is 0.0278. The van der Waals surface area contributed by atoms with E-state index in [-0.39, 0.29) is 24.3 Å². The molecule has 1 rings (SSSR count). The van der Waals surface area contributed by atoms with Crippen LogP contribution >= 0.6 is 0 Å². The predicted molar refractivity (Wildman–Crippen MR) is 27.9 cm³/mol. The van der Waals surface area contributed by atoms with Crippen LogP contribution in [0.4, 0.5) is 0 Å².